The third-order valence-corrected chi connectivity index (χ3v) is 3.24. The fraction of sp³-hybridized carbons (Fsp3) is 0.714. The number of carbonyl (C=O) groups excluding carboxylic acids is 2. The van der Waals surface area contributed by atoms with E-state index in [1.165, 1.54) is 0 Å². The van der Waals surface area contributed by atoms with E-state index in [9.17, 15) is 13.8 Å². The first-order valence-corrected chi connectivity index (χ1v) is 5.52. The third-order valence-electron chi connectivity index (χ3n) is 1.56. The van der Waals surface area contributed by atoms with Crippen molar-refractivity contribution >= 4 is 22.7 Å². The molecular formula is C7H15N3O3S. The molecule has 14 heavy (non-hydrogen) atoms. The Balaban J connectivity index is 3.93. The number of amides is 3. The highest BCUT2D eigenvalue weighted by Gasteiger charge is 2.15. The second kappa shape index (κ2) is 6.50. The summed E-state index contributed by atoms with van der Waals surface area (Å²) in [6.45, 7) is 2.16. The first-order chi connectivity index (χ1) is 6.47. The van der Waals surface area contributed by atoms with Crippen LogP contribution in [0.4, 0.5) is 4.79 Å². The summed E-state index contributed by atoms with van der Waals surface area (Å²) >= 11 is 0. The zero-order chi connectivity index (χ0) is 11.1. The van der Waals surface area contributed by atoms with Crippen LogP contribution in [0.3, 0.4) is 0 Å². The molecule has 0 fully saturated rings. The quantitative estimate of drug-likeness (QED) is 0.533. The van der Waals surface area contributed by atoms with E-state index >= 15 is 0 Å². The zero-order valence-corrected chi connectivity index (χ0v) is 8.80. The minimum Gasteiger partial charge on any atom is -0.351 e. The van der Waals surface area contributed by atoms with Gasteiger partial charge in [0.15, 0.2) is 0 Å². The summed E-state index contributed by atoms with van der Waals surface area (Å²) in [6, 6.07) is -0.932. The number of rotatable bonds is 5. The zero-order valence-electron chi connectivity index (χ0n) is 7.99. The number of hydrogen-bond donors (Lipinski definition) is 3. The maximum Gasteiger partial charge on any atom is 0.318 e. The van der Waals surface area contributed by atoms with Gasteiger partial charge in [-0.1, -0.05) is 6.92 Å². The molecule has 0 radical (unpaired) electrons. The fourth-order valence-corrected chi connectivity index (χ4v) is 1.83. The van der Waals surface area contributed by atoms with Crippen LogP contribution in [-0.2, 0) is 15.6 Å². The van der Waals surface area contributed by atoms with Crippen LogP contribution < -0.4 is 16.8 Å². The average Bonchev–Trinajstić information content (AvgIpc) is 2.02. The molecule has 2 atom stereocenters. The Morgan fingerprint density at radius 2 is 2.07 bits per heavy atom. The molecule has 3 amide bonds. The predicted molar refractivity (Wildman–Crippen MR) is 53.9 cm³/mol. The summed E-state index contributed by atoms with van der Waals surface area (Å²) in [5.74, 6) is -0.843. The number of nitrogens with one attached hydrogen (secondary N) is 1. The highest BCUT2D eigenvalue weighted by molar-refractivity contribution is 7.86. The number of hydrogen-bond acceptors (Lipinski definition) is 4. The molecular weight excluding hydrogens is 206 g/mol. The molecule has 7 heteroatoms. The lowest BCUT2D eigenvalue weighted by Crippen LogP contribution is -2.38. The molecule has 2 unspecified atom stereocenters. The number of carbonyl (C=O) groups is 2. The average molecular weight is 221 g/mol. The molecule has 5 N–H and O–H groups in total. The van der Waals surface area contributed by atoms with Crippen LogP contribution in [0.25, 0.3) is 0 Å². The van der Waals surface area contributed by atoms with Crippen LogP contribution in [0.5, 0.6) is 0 Å². The van der Waals surface area contributed by atoms with E-state index in [-0.39, 0.29) is 11.0 Å². The summed E-state index contributed by atoms with van der Waals surface area (Å²) < 4.78 is 11.4. The lowest BCUT2D eigenvalue weighted by Gasteiger charge is -2.08. The Kier molecular flexibility index (Phi) is 6.06. The van der Waals surface area contributed by atoms with Gasteiger partial charge in [0.25, 0.3) is 0 Å². The lowest BCUT2D eigenvalue weighted by atomic mass is 10.3. The largest absolute Gasteiger partial charge is 0.351 e. The van der Waals surface area contributed by atoms with Gasteiger partial charge in [0.05, 0.1) is 0 Å². The van der Waals surface area contributed by atoms with Gasteiger partial charge < -0.3 is 11.5 Å². The Morgan fingerprint density at radius 1 is 1.50 bits per heavy atom. The summed E-state index contributed by atoms with van der Waals surface area (Å²) in [4.78, 5) is 21.2. The summed E-state index contributed by atoms with van der Waals surface area (Å²) in [7, 11) is -1.31. The topological polar surface area (TPSA) is 115 Å². The monoisotopic (exact) mass is 221 g/mol. The lowest BCUT2D eigenvalue weighted by molar-refractivity contribution is -0.117. The molecule has 0 spiro atoms. The third kappa shape index (κ3) is 5.65. The maximum absolute atomic E-state index is 11.4. The van der Waals surface area contributed by atoms with E-state index in [2.05, 4.69) is 0 Å². The van der Waals surface area contributed by atoms with Gasteiger partial charge in [0.1, 0.15) is 5.75 Å². The highest BCUT2D eigenvalue weighted by Crippen LogP contribution is 1.99. The van der Waals surface area contributed by atoms with Crippen LogP contribution >= 0.6 is 0 Å². The van der Waals surface area contributed by atoms with E-state index < -0.39 is 22.7 Å². The highest BCUT2D eigenvalue weighted by atomic mass is 32.2. The van der Waals surface area contributed by atoms with Crippen molar-refractivity contribution in [1.29, 1.82) is 0 Å². The molecule has 0 heterocycles. The van der Waals surface area contributed by atoms with Crippen LogP contribution in [-0.4, -0.2) is 33.7 Å². The summed E-state index contributed by atoms with van der Waals surface area (Å²) in [5.41, 5.74) is 9.98. The second-order valence-electron chi connectivity index (χ2n) is 2.83. The van der Waals surface area contributed by atoms with E-state index in [1.807, 2.05) is 5.32 Å². The van der Waals surface area contributed by atoms with Crippen molar-refractivity contribution in [2.45, 2.75) is 18.6 Å². The van der Waals surface area contributed by atoms with Crippen molar-refractivity contribution in [3.63, 3.8) is 0 Å². The van der Waals surface area contributed by atoms with Gasteiger partial charge in [0, 0.05) is 16.0 Å². The van der Waals surface area contributed by atoms with Crippen molar-refractivity contribution in [1.82, 2.24) is 5.32 Å². The second-order valence-corrected chi connectivity index (χ2v) is 4.68. The summed E-state index contributed by atoms with van der Waals surface area (Å²) in [5, 5.41) is 1.69. The number of urea groups is 1. The van der Waals surface area contributed by atoms with Crippen molar-refractivity contribution in [2.75, 3.05) is 12.3 Å². The van der Waals surface area contributed by atoms with Crippen molar-refractivity contribution in [3.05, 3.63) is 0 Å². The van der Waals surface area contributed by atoms with Crippen molar-refractivity contribution in [2.24, 2.45) is 11.5 Å². The van der Waals surface area contributed by atoms with Crippen molar-refractivity contribution in [3.8, 4) is 0 Å². The van der Waals surface area contributed by atoms with E-state index in [0.29, 0.717) is 13.0 Å². The standard InChI is InChI=1S/C7H15N3O3S/c1-5(2-3-8)14(13)4-6(11)10-7(9)12/h5H,2-4,8H2,1H3,(H3,9,10,11,12). The number of imide groups is 1. The molecule has 0 saturated carbocycles. The van der Waals surface area contributed by atoms with Gasteiger partial charge >= 0.3 is 6.03 Å². The molecule has 0 bridgehead atoms. The summed E-state index contributed by atoms with van der Waals surface area (Å²) in [6.07, 6.45) is 0.580. The van der Waals surface area contributed by atoms with Crippen LogP contribution in [0.1, 0.15) is 13.3 Å². The molecule has 0 aromatic heterocycles. The molecule has 0 saturated heterocycles. The molecule has 0 aliphatic rings. The maximum atomic E-state index is 11.4. The molecule has 0 rings (SSSR count). The van der Waals surface area contributed by atoms with Crippen molar-refractivity contribution < 1.29 is 13.8 Å². The van der Waals surface area contributed by atoms with Gasteiger partial charge in [-0.15, -0.1) is 0 Å². The van der Waals surface area contributed by atoms with E-state index in [1.54, 1.807) is 6.92 Å². The van der Waals surface area contributed by atoms with Gasteiger partial charge in [0.2, 0.25) is 5.91 Å². The smallest absolute Gasteiger partial charge is 0.318 e. The Morgan fingerprint density at radius 3 is 2.50 bits per heavy atom. The normalized spacial score (nSPS) is 14.4. The number of nitrogens with two attached hydrogens (primary N) is 2. The van der Waals surface area contributed by atoms with Gasteiger partial charge in [-0.3, -0.25) is 14.3 Å². The first-order valence-electron chi connectivity index (χ1n) is 4.14. The molecule has 6 nitrogen and oxygen atoms in total. The minimum absolute atomic E-state index is 0.154. The number of primary amides is 1. The predicted octanol–water partition coefficient (Wildman–Crippen LogP) is -1.33. The van der Waals surface area contributed by atoms with E-state index in [4.69, 9.17) is 11.5 Å². The fourth-order valence-electron chi connectivity index (χ4n) is 0.811. The van der Waals surface area contributed by atoms with Gasteiger partial charge in [-0.25, -0.2) is 4.79 Å². The minimum atomic E-state index is -1.31. The molecule has 0 aliphatic heterocycles. The van der Waals surface area contributed by atoms with Gasteiger partial charge in [-0.05, 0) is 13.0 Å². The Labute approximate surface area is 84.9 Å². The van der Waals surface area contributed by atoms with Crippen LogP contribution in [0, 0.1) is 0 Å². The van der Waals surface area contributed by atoms with E-state index in [0.717, 1.165) is 0 Å². The van der Waals surface area contributed by atoms with Crippen LogP contribution in [0.15, 0.2) is 0 Å². The Hall–Kier alpha value is -0.950. The first kappa shape index (κ1) is 13.1. The molecule has 82 valence electrons. The molecule has 0 aromatic rings. The Bertz CT molecular complexity index is 244. The van der Waals surface area contributed by atoms with Gasteiger partial charge in [-0.2, -0.15) is 0 Å². The molecule has 0 aromatic carbocycles. The van der Waals surface area contributed by atoms with Crippen LogP contribution in [0.2, 0.25) is 0 Å². The molecule has 0 aliphatic carbocycles. The SMILES string of the molecule is CC(CCN)S(=O)CC(=O)NC(N)=O.